The molecule has 0 bridgehead atoms. The normalized spacial score (nSPS) is 12.6. The lowest BCUT2D eigenvalue weighted by Crippen LogP contribution is -2.20. The number of carbonyl (C=O) groups excluding carboxylic acids is 1. The number of benzene rings is 1. The van der Waals surface area contributed by atoms with Crippen molar-refractivity contribution < 1.29 is 4.79 Å². The van der Waals surface area contributed by atoms with E-state index in [4.69, 9.17) is 5.73 Å². The second kappa shape index (κ2) is 6.12. The van der Waals surface area contributed by atoms with Crippen LogP contribution in [-0.2, 0) is 4.79 Å². The predicted octanol–water partition coefficient (Wildman–Crippen LogP) is 1.71. The van der Waals surface area contributed by atoms with E-state index in [1.165, 1.54) is 11.8 Å². The van der Waals surface area contributed by atoms with E-state index in [1.54, 1.807) is 0 Å². The van der Waals surface area contributed by atoms with Crippen molar-refractivity contribution >= 4 is 46.1 Å². The third-order valence-corrected chi connectivity index (χ3v) is 3.94. The molecule has 7 heteroatoms. The Kier molecular flexibility index (Phi) is 4.51. The molecular formula is C11H14N4OS2. The van der Waals surface area contributed by atoms with Crippen LogP contribution in [-0.4, -0.2) is 32.2 Å². The number of aromatic nitrogens is 2. The summed E-state index contributed by atoms with van der Waals surface area (Å²) in [4.78, 5) is 11.7. The molecule has 1 aromatic carbocycles. The number of nitrogens with one attached hydrogen (secondary N) is 1. The summed E-state index contributed by atoms with van der Waals surface area (Å²) in [5.74, 6) is 1.13. The maximum atomic E-state index is 11.7. The molecule has 1 aromatic heterocycles. The summed E-state index contributed by atoms with van der Waals surface area (Å²) in [7, 11) is 0. The molecule has 0 aliphatic heterocycles. The monoisotopic (exact) mass is 282 g/mol. The number of amides is 1. The average Bonchev–Trinajstić information content (AvgIpc) is 2.77. The number of hydrogen-bond donors (Lipinski definition) is 2. The Bertz CT molecular complexity index is 541. The molecule has 96 valence electrons. The van der Waals surface area contributed by atoms with Crippen LogP contribution in [0.1, 0.15) is 6.92 Å². The standard InChI is InChI=1S/C11H14N4OS2/c1-7(12)5-17-6-10(16)13-8-3-2-4-9-11(8)15-18-14-9/h2-4,7H,5-6,12H2,1H3,(H,13,16). The highest BCUT2D eigenvalue weighted by atomic mass is 32.2. The molecule has 0 aliphatic rings. The minimum absolute atomic E-state index is 0.0406. The van der Waals surface area contributed by atoms with Crippen molar-refractivity contribution in [3.63, 3.8) is 0 Å². The van der Waals surface area contributed by atoms with Crippen LogP contribution in [0.3, 0.4) is 0 Å². The van der Waals surface area contributed by atoms with Gasteiger partial charge in [0.25, 0.3) is 0 Å². The van der Waals surface area contributed by atoms with E-state index in [0.29, 0.717) is 11.4 Å². The number of nitrogens with zero attached hydrogens (tertiary/aromatic N) is 2. The van der Waals surface area contributed by atoms with Crippen LogP contribution in [0.15, 0.2) is 18.2 Å². The van der Waals surface area contributed by atoms with Gasteiger partial charge in [0.05, 0.1) is 23.2 Å². The van der Waals surface area contributed by atoms with Crippen molar-refractivity contribution in [3.8, 4) is 0 Å². The fraction of sp³-hybridized carbons (Fsp3) is 0.364. The number of nitrogens with two attached hydrogens (primary N) is 1. The van der Waals surface area contributed by atoms with Crippen molar-refractivity contribution in [2.45, 2.75) is 13.0 Å². The second-order valence-electron chi connectivity index (χ2n) is 3.98. The van der Waals surface area contributed by atoms with Gasteiger partial charge in [-0.25, -0.2) is 0 Å². The first-order valence-electron chi connectivity index (χ1n) is 5.51. The Balaban J connectivity index is 1.96. The highest BCUT2D eigenvalue weighted by Gasteiger charge is 2.08. The largest absolute Gasteiger partial charge is 0.327 e. The Hall–Kier alpha value is -1.18. The average molecular weight is 282 g/mol. The zero-order chi connectivity index (χ0) is 13.0. The summed E-state index contributed by atoms with van der Waals surface area (Å²) in [6, 6.07) is 5.67. The topological polar surface area (TPSA) is 80.9 Å². The van der Waals surface area contributed by atoms with Gasteiger partial charge < -0.3 is 11.1 Å². The van der Waals surface area contributed by atoms with Gasteiger partial charge in [-0.05, 0) is 19.1 Å². The summed E-state index contributed by atoms with van der Waals surface area (Å²) >= 11 is 2.67. The SMILES string of the molecule is CC(N)CSCC(=O)Nc1cccc2nsnc12. The number of hydrogen-bond acceptors (Lipinski definition) is 6. The molecule has 1 atom stereocenters. The van der Waals surface area contributed by atoms with Crippen LogP contribution in [0.5, 0.6) is 0 Å². The molecule has 2 aromatic rings. The van der Waals surface area contributed by atoms with Crippen LogP contribution in [0, 0.1) is 0 Å². The Morgan fingerprint density at radius 1 is 1.56 bits per heavy atom. The van der Waals surface area contributed by atoms with E-state index < -0.39 is 0 Å². The van der Waals surface area contributed by atoms with E-state index in [9.17, 15) is 4.79 Å². The highest BCUT2D eigenvalue weighted by molar-refractivity contribution is 8.00. The van der Waals surface area contributed by atoms with Gasteiger partial charge in [0.1, 0.15) is 11.0 Å². The molecule has 1 heterocycles. The van der Waals surface area contributed by atoms with Crippen molar-refractivity contribution in [2.24, 2.45) is 5.73 Å². The number of fused-ring (bicyclic) bond motifs is 1. The van der Waals surface area contributed by atoms with Crippen molar-refractivity contribution in [2.75, 3.05) is 16.8 Å². The summed E-state index contributed by atoms with van der Waals surface area (Å²) in [6.45, 7) is 1.92. The van der Waals surface area contributed by atoms with E-state index in [0.717, 1.165) is 28.5 Å². The van der Waals surface area contributed by atoms with Crippen molar-refractivity contribution in [3.05, 3.63) is 18.2 Å². The summed E-state index contributed by atoms with van der Waals surface area (Å²) in [5.41, 5.74) is 7.89. The van der Waals surface area contributed by atoms with Crippen LogP contribution < -0.4 is 11.1 Å². The molecule has 1 unspecified atom stereocenters. The van der Waals surface area contributed by atoms with E-state index in [2.05, 4.69) is 14.1 Å². The molecule has 1 amide bonds. The van der Waals surface area contributed by atoms with Gasteiger partial charge in [0, 0.05) is 11.8 Å². The van der Waals surface area contributed by atoms with Gasteiger partial charge in [-0.2, -0.15) is 20.5 Å². The molecule has 0 saturated carbocycles. The van der Waals surface area contributed by atoms with Gasteiger partial charge in [-0.3, -0.25) is 4.79 Å². The first-order chi connectivity index (χ1) is 8.66. The molecule has 3 N–H and O–H groups in total. The molecule has 5 nitrogen and oxygen atoms in total. The van der Waals surface area contributed by atoms with Crippen LogP contribution in [0.2, 0.25) is 0 Å². The number of anilines is 1. The van der Waals surface area contributed by atoms with E-state index in [1.807, 2.05) is 25.1 Å². The predicted molar refractivity (Wildman–Crippen MR) is 77.0 cm³/mol. The lowest BCUT2D eigenvalue weighted by Gasteiger charge is -2.06. The number of thioether (sulfide) groups is 1. The molecule has 2 rings (SSSR count). The van der Waals surface area contributed by atoms with Crippen molar-refractivity contribution in [1.82, 2.24) is 8.75 Å². The molecular weight excluding hydrogens is 268 g/mol. The molecule has 0 fully saturated rings. The van der Waals surface area contributed by atoms with Crippen LogP contribution in [0.4, 0.5) is 5.69 Å². The van der Waals surface area contributed by atoms with Crippen LogP contribution >= 0.6 is 23.5 Å². The third kappa shape index (κ3) is 3.41. The Morgan fingerprint density at radius 2 is 2.39 bits per heavy atom. The van der Waals surface area contributed by atoms with Gasteiger partial charge in [0.15, 0.2) is 0 Å². The lowest BCUT2D eigenvalue weighted by molar-refractivity contribution is -0.113. The molecule has 0 spiro atoms. The molecule has 0 radical (unpaired) electrons. The van der Waals surface area contributed by atoms with Crippen molar-refractivity contribution in [1.29, 1.82) is 0 Å². The minimum atomic E-state index is -0.0406. The summed E-state index contributed by atoms with van der Waals surface area (Å²) in [6.07, 6.45) is 0. The van der Waals surface area contributed by atoms with E-state index in [-0.39, 0.29) is 11.9 Å². The lowest BCUT2D eigenvalue weighted by atomic mass is 10.2. The third-order valence-electron chi connectivity index (χ3n) is 2.17. The zero-order valence-electron chi connectivity index (χ0n) is 9.92. The smallest absolute Gasteiger partial charge is 0.234 e. The fourth-order valence-electron chi connectivity index (χ4n) is 1.43. The van der Waals surface area contributed by atoms with Gasteiger partial charge >= 0.3 is 0 Å². The maximum absolute atomic E-state index is 11.7. The summed E-state index contributed by atoms with van der Waals surface area (Å²) < 4.78 is 8.30. The maximum Gasteiger partial charge on any atom is 0.234 e. The Labute approximate surface area is 113 Å². The molecule has 0 saturated heterocycles. The minimum Gasteiger partial charge on any atom is -0.327 e. The van der Waals surface area contributed by atoms with Gasteiger partial charge in [-0.15, -0.1) is 0 Å². The Morgan fingerprint density at radius 3 is 3.17 bits per heavy atom. The first-order valence-corrected chi connectivity index (χ1v) is 7.40. The number of rotatable bonds is 5. The molecule has 0 aliphatic carbocycles. The van der Waals surface area contributed by atoms with Crippen LogP contribution in [0.25, 0.3) is 11.0 Å². The van der Waals surface area contributed by atoms with E-state index >= 15 is 0 Å². The van der Waals surface area contributed by atoms with Gasteiger partial charge in [-0.1, -0.05) is 6.07 Å². The second-order valence-corrected chi connectivity index (χ2v) is 5.54. The highest BCUT2D eigenvalue weighted by Crippen LogP contribution is 2.21. The molecule has 18 heavy (non-hydrogen) atoms. The number of carbonyl (C=O) groups is 1. The summed E-state index contributed by atoms with van der Waals surface area (Å²) in [5, 5.41) is 2.85. The fourth-order valence-corrected chi connectivity index (χ4v) is 2.73. The first kappa shape index (κ1) is 13.3. The quantitative estimate of drug-likeness (QED) is 0.872. The van der Waals surface area contributed by atoms with Gasteiger partial charge in [0.2, 0.25) is 5.91 Å². The zero-order valence-corrected chi connectivity index (χ0v) is 11.6.